The molecule has 0 aliphatic rings. The molecule has 3 N–H and O–H groups in total. The molecule has 10 heteroatoms. The minimum atomic E-state index is -0.864. The van der Waals surface area contributed by atoms with E-state index in [1.807, 2.05) is 42.5 Å². The summed E-state index contributed by atoms with van der Waals surface area (Å²) in [6.07, 6.45) is 2.29. The standard InChI is InChI=1S/C30H27ClN4O5/c1-38-21-8-3-6-19(14-21)28-23(10-5-11-26(36)37)27(29-30(32)33-17-34-35(28)29)18-12-13-24(25(15-18)39-2)40-22-9-4-7-20(31)16-22/h3-4,6-9,12-17H,5,10-11H2,1-2H3,(H,36,37)(H2,32,33,34). The van der Waals surface area contributed by atoms with E-state index in [1.54, 1.807) is 43.0 Å². The van der Waals surface area contributed by atoms with Crippen LogP contribution in [-0.4, -0.2) is 39.9 Å². The van der Waals surface area contributed by atoms with Crippen LogP contribution in [0.15, 0.2) is 73.1 Å². The number of carbonyl (C=O) groups is 1. The quantitative estimate of drug-likeness (QED) is 0.199. The van der Waals surface area contributed by atoms with Gasteiger partial charge >= 0.3 is 5.97 Å². The number of halogens is 1. The van der Waals surface area contributed by atoms with Gasteiger partial charge in [0.15, 0.2) is 17.3 Å². The van der Waals surface area contributed by atoms with Gasteiger partial charge in [-0.2, -0.15) is 5.10 Å². The Morgan fingerprint density at radius 2 is 1.77 bits per heavy atom. The molecule has 9 nitrogen and oxygen atoms in total. The summed E-state index contributed by atoms with van der Waals surface area (Å²) >= 11 is 6.13. The number of carboxylic acid groups (broad SMARTS) is 1. The molecule has 2 aromatic heterocycles. The molecule has 0 saturated carbocycles. The number of anilines is 1. The molecular weight excluding hydrogens is 532 g/mol. The summed E-state index contributed by atoms with van der Waals surface area (Å²) < 4.78 is 19.0. The first-order chi connectivity index (χ1) is 19.4. The van der Waals surface area contributed by atoms with E-state index in [4.69, 9.17) is 31.5 Å². The summed E-state index contributed by atoms with van der Waals surface area (Å²) in [4.78, 5) is 15.7. The van der Waals surface area contributed by atoms with Crippen molar-refractivity contribution in [2.75, 3.05) is 20.0 Å². The summed E-state index contributed by atoms with van der Waals surface area (Å²) in [5.74, 6) is 1.67. The van der Waals surface area contributed by atoms with Crippen LogP contribution in [0.1, 0.15) is 18.4 Å². The third kappa shape index (κ3) is 5.37. The van der Waals surface area contributed by atoms with Crippen molar-refractivity contribution in [3.8, 4) is 45.4 Å². The number of rotatable bonds is 10. The fourth-order valence-electron chi connectivity index (χ4n) is 4.76. The average molecular weight is 559 g/mol. The third-order valence-electron chi connectivity index (χ3n) is 6.49. The number of carboxylic acids is 1. The second kappa shape index (κ2) is 11.5. The Morgan fingerprint density at radius 3 is 2.52 bits per heavy atom. The van der Waals surface area contributed by atoms with Crippen molar-refractivity contribution in [3.05, 3.63) is 83.6 Å². The van der Waals surface area contributed by atoms with Crippen molar-refractivity contribution < 1.29 is 24.1 Å². The van der Waals surface area contributed by atoms with Crippen molar-refractivity contribution in [2.24, 2.45) is 0 Å². The summed E-state index contributed by atoms with van der Waals surface area (Å²) in [6.45, 7) is 0. The summed E-state index contributed by atoms with van der Waals surface area (Å²) in [7, 11) is 3.17. The zero-order valence-electron chi connectivity index (χ0n) is 21.9. The Balaban J connectivity index is 1.72. The van der Waals surface area contributed by atoms with Crippen molar-refractivity contribution in [3.63, 3.8) is 0 Å². The highest BCUT2D eigenvalue weighted by Crippen LogP contribution is 2.44. The lowest BCUT2D eigenvalue weighted by molar-refractivity contribution is -0.137. The average Bonchev–Trinajstić information content (AvgIpc) is 3.28. The van der Waals surface area contributed by atoms with Crippen LogP contribution in [0.4, 0.5) is 5.82 Å². The summed E-state index contributed by atoms with van der Waals surface area (Å²) in [5.41, 5.74) is 11.1. The van der Waals surface area contributed by atoms with Gasteiger partial charge < -0.3 is 25.1 Å². The molecule has 204 valence electrons. The number of aliphatic carboxylic acids is 1. The molecule has 0 fully saturated rings. The molecule has 0 aliphatic heterocycles. The first-order valence-corrected chi connectivity index (χ1v) is 12.9. The fraction of sp³-hybridized carbons (Fsp3) is 0.167. The molecule has 0 saturated heterocycles. The molecule has 0 atom stereocenters. The number of hydrogen-bond acceptors (Lipinski definition) is 7. The van der Waals surface area contributed by atoms with E-state index in [1.165, 1.54) is 6.33 Å². The molecule has 40 heavy (non-hydrogen) atoms. The molecule has 0 amide bonds. The maximum atomic E-state index is 11.4. The van der Waals surface area contributed by atoms with E-state index >= 15 is 0 Å². The van der Waals surface area contributed by atoms with Gasteiger partial charge in [-0.1, -0.05) is 35.9 Å². The van der Waals surface area contributed by atoms with Crippen LogP contribution in [0.2, 0.25) is 5.02 Å². The second-order valence-corrected chi connectivity index (χ2v) is 9.45. The zero-order valence-corrected chi connectivity index (χ0v) is 22.7. The number of ether oxygens (including phenoxy) is 3. The highest BCUT2D eigenvalue weighted by molar-refractivity contribution is 6.30. The lowest BCUT2D eigenvalue weighted by atomic mass is 9.94. The number of fused-ring (bicyclic) bond motifs is 1. The van der Waals surface area contributed by atoms with Gasteiger partial charge in [-0.25, -0.2) is 9.50 Å². The fourth-order valence-corrected chi connectivity index (χ4v) is 4.94. The molecule has 0 bridgehead atoms. The van der Waals surface area contributed by atoms with Crippen LogP contribution >= 0.6 is 11.6 Å². The first kappa shape index (κ1) is 26.8. The van der Waals surface area contributed by atoms with E-state index in [0.717, 1.165) is 27.9 Å². The van der Waals surface area contributed by atoms with Gasteiger partial charge in [-0.3, -0.25) is 4.79 Å². The van der Waals surface area contributed by atoms with Crippen LogP contribution in [0.25, 0.3) is 27.9 Å². The lowest BCUT2D eigenvalue weighted by Crippen LogP contribution is -2.01. The second-order valence-electron chi connectivity index (χ2n) is 9.01. The Labute approximate surface area is 235 Å². The Hall–Kier alpha value is -4.76. The number of nitrogens with zero attached hydrogens (tertiary/aromatic N) is 3. The maximum absolute atomic E-state index is 11.4. The lowest BCUT2D eigenvalue weighted by Gasteiger charge is -2.13. The van der Waals surface area contributed by atoms with Gasteiger partial charge in [0, 0.05) is 22.6 Å². The van der Waals surface area contributed by atoms with Gasteiger partial charge in [0.05, 0.1) is 19.9 Å². The van der Waals surface area contributed by atoms with E-state index in [0.29, 0.717) is 46.4 Å². The summed E-state index contributed by atoms with van der Waals surface area (Å²) in [5, 5.41) is 14.5. The smallest absolute Gasteiger partial charge is 0.303 e. The van der Waals surface area contributed by atoms with Crippen LogP contribution in [0.5, 0.6) is 23.0 Å². The van der Waals surface area contributed by atoms with E-state index in [9.17, 15) is 9.90 Å². The molecular formula is C30H27ClN4O5. The van der Waals surface area contributed by atoms with Crippen molar-refractivity contribution in [1.82, 2.24) is 14.6 Å². The highest BCUT2D eigenvalue weighted by atomic mass is 35.5. The monoisotopic (exact) mass is 558 g/mol. The van der Waals surface area contributed by atoms with E-state index < -0.39 is 5.97 Å². The SMILES string of the molecule is COc1cccc(-c2c(CCCC(=O)O)c(-c3ccc(Oc4cccc(Cl)c4)c(OC)c3)c3c(N)ncnn23)c1. The van der Waals surface area contributed by atoms with Gasteiger partial charge in [-0.15, -0.1) is 0 Å². The van der Waals surface area contributed by atoms with E-state index in [-0.39, 0.29) is 12.2 Å². The van der Waals surface area contributed by atoms with Crippen LogP contribution in [0, 0.1) is 0 Å². The van der Waals surface area contributed by atoms with Gasteiger partial charge in [0.1, 0.15) is 23.3 Å². The maximum Gasteiger partial charge on any atom is 0.303 e. The van der Waals surface area contributed by atoms with Crippen molar-refractivity contribution in [2.45, 2.75) is 19.3 Å². The minimum Gasteiger partial charge on any atom is -0.497 e. The number of methoxy groups -OCH3 is 2. The van der Waals surface area contributed by atoms with Gasteiger partial charge in [0.25, 0.3) is 0 Å². The van der Waals surface area contributed by atoms with Crippen LogP contribution in [0.3, 0.4) is 0 Å². The predicted octanol–water partition coefficient (Wildman–Crippen LogP) is 6.52. The summed E-state index contributed by atoms with van der Waals surface area (Å²) in [6, 6.07) is 20.3. The van der Waals surface area contributed by atoms with Gasteiger partial charge in [0.2, 0.25) is 0 Å². The molecule has 0 radical (unpaired) electrons. The molecule has 5 aromatic rings. The number of aromatic nitrogens is 3. The zero-order chi connectivity index (χ0) is 28.2. The van der Waals surface area contributed by atoms with Crippen molar-refractivity contribution >= 4 is 28.9 Å². The number of benzene rings is 3. The highest BCUT2D eigenvalue weighted by Gasteiger charge is 2.25. The normalized spacial score (nSPS) is 11.0. The van der Waals surface area contributed by atoms with E-state index in [2.05, 4.69) is 10.1 Å². The molecule has 0 unspecified atom stereocenters. The molecule has 3 aromatic carbocycles. The van der Waals surface area contributed by atoms with Crippen LogP contribution in [-0.2, 0) is 11.2 Å². The van der Waals surface area contributed by atoms with Crippen LogP contribution < -0.4 is 19.9 Å². The molecule has 0 aliphatic carbocycles. The predicted molar refractivity (Wildman–Crippen MR) is 153 cm³/mol. The first-order valence-electron chi connectivity index (χ1n) is 12.5. The Kier molecular flexibility index (Phi) is 7.75. The van der Waals surface area contributed by atoms with Gasteiger partial charge in [-0.05, 0) is 66.4 Å². The number of nitrogens with two attached hydrogens (primary N) is 1. The minimum absolute atomic E-state index is 0.0140. The molecule has 2 heterocycles. The molecule has 5 rings (SSSR count). The van der Waals surface area contributed by atoms with Crippen molar-refractivity contribution in [1.29, 1.82) is 0 Å². The third-order valence-corrected chi connectivity index (χ3v) is 6.73. The Morgan fingerprint density at radius 1 is 0.975 bits per heavy atom. The Bertz CT molecular complexity index is 1700. The number of nitrogen functional groups attached to an aromatic ring is 1. The largest absolute Gasteiger partial charge is 0.497 e. The molecule has 0 spiro atoms. The topological polar surface area (TPSA) is 121 Å². The number of hydrogen-bond donors (Lipinski definition) is 2.